The van der Waals surface area contributed by atoms with Crippen molar-refractivity contribution in [2.24, 2.45) is 0 Å². The molecule has 0 fully saturated rings. The summed E-state index contributed by atoms with van der Waals surface area (Å²) in [5.74, 6) is -1.94. The van der Waals surface area contributed by atoms with Gasteiger partial charge in [-0.05, 0) is 36.8 Å². The highest BCUT2D eigenvalue weighted by atomic mass is 16.5. The van der Waals surface area contributed by atoms with Crippen LogP contribution in [-0.4, -0.2) is 22.8 Å². The highest BCUT2D eigenvalue weighted by Gasteiger charge is 2.30. The van der Waals surface area contributed by atoms with E-state index in [-0.39, 0.29) is 29.1 Å². The van der Waals surface area contributed by atoms with Crippen LogP contribution in [0.2, 0.25) is 0 Å². The SMILES string of the molecule is COC(=O)C[C@@H](c1oc(C)cc(=O)c1O)c1cc2cccc3c2n(c1=O)CCC3. The molecule has 4 rings (SSSR count). The number of aromatic nitrogens is 1. The Labute approximate surface area is 166 Å². The lowest BCUT2D eigenvalue weighted by molar-refractivity contribution is -0.140. The predicted molar refractivity (Wildman–Crippen MR) is 106 cm³/mol. The first-order valence-corrected chi connectivity index (χ1v) is 9.46. The van der Waals surface area contributed by atoms with Gasteiger partial charge in [0.1, 0.15) is 5.76 Å². The Morgan fingerprint density at radius 2 is 2.10 bits per heavy atom. The normalized spacial score (nSPS) is 14.0. The van der Waals surface area contributed by atoms with E-state index in [9.17, 15) is 19.5 Å². The number of nitrogens with zero attached hydrogens (tertiary/aromatic N) is 1. The Bertz CT molecular complexity index is 1240. The molecule has 0 unspecified atom stereocenters. The maximum absolute atomic E-state index is 13.4. The minimum Gasteiger partial charge on any atom is -0.502 e. The van der Waals surface area contributed by atoms with Crippen molar-refractivity contribution in [1.29, 1.82) is 0 Å². The van der Waals surface area contributed by atoms with E-state index in [2.05, 4.69) is 0 Å². The number of rotatable bonds is 4. The molecule has 0 saturated carbocycles. The number of esters is 1. The molecular weight excluding hydrogens is 374 g/mol. The number of hydrogen-bond donors (Lipinski definition) is 1. The van der Waals surface area contributed by atoms with Gasteiger partial charge >= 0.3 is 5.97 Å². The van der Waals surface area contributed by atoms with Gasteiger partial charge in [-0.25, -0.2) is 0 Å². The molecule has 0 aliphatic carbocycles. The summed E-state index contributed by atoms with van der Waals surface area (Å²) in [6, 6.07) is 8.73. The van der Waals surface area contributed by atoms with Crippen molar-refractivity contribution in [2.45, 2.75) is 38.6 Å². The van der Waals surface area contributed by atoms with Crippen LogP contribution in [0, 0.1) is 6.92 Å². The molecule has 0 spiro atoms. The molecule has 150 valence electrons. The molecule has 1 aliphatic heterocycles. The fourth-order valence-electron chi connectivity index (χ4n) is 4.09. The summed E-state index contributed by atoms with van der Waals surface area (Å²) < 4.78 is 12.1. The summed E-state index contributed by atoms with van der Waals surface area (Å²) in [5, 5.41) is 11.2. The molecule has 3 heterocycles. The largest absolute Gasteiger partial charge is 0.502 e. The van der Waals surface area contributed by atoms with E-state index < -0.39 is 23.1 Å². The molecule has 0 radical (unpaired) electrons. The van der Waals surface area contributed by atoms with Crippen LogP contribution in [0.15, 0.2) is 44.3 Å². The van der Waals surface area contributed by atoms with Gasteiger partial charge in [-0.15, -0.1) is 0 Å². The summed E-state index contributed by atoms with van der Waals surface area (Å²) in [6.45, 7) is 2.14. The van der Waals surface area contributed by atoms with E-state index in [4.69, 9.17) is 9.15 Å². The fraction of sp³-hybridized carbons (Fsp3) is 0.318. The topological polar surface area (TPSA) is 98.7 Å². The van der Waals surface area contributed by atoms with Gasteiger partial charge in [-0.1, -0.05) is 18.2 Å². The standard InChI is InChI=1S/C22H21NO6/c1-12-9-17(24)20(26)21(29-12)15(11-18(25)28-2)16-10-14-6-3-5-13-7-4-8-23(19(13)14)22(16)27/h3,5-6,9-10,15,26H,4,7-8,11H2,1-2H3/t15-/m1/s1. The summed E-state index contributed by atoms with van der Waals surface area (Å²) >= 11 is 0. The average molecular weight is 395 g/mol. The second-order valence-electron chi connectivity index (χ2n) is 7.28. The van der Waals surface area contributed by atoms with Crippen molar-refractivity contribution in [3.63, 3.8) is 0 Å². The zero-order valence-corrected chi connectivity index (χ0v) is 16.2. The first-order valence-electron chi connectivity index (χ1n) is 9.46. The van der Waals surface area contributed by atoms with Gasteiger partial charge in [0.05, 0.1) is 25.0 Å². The van der Waals surface area contributed by atoms with Crippen LogP contribution in [-0.2, 0) is 22.5 Å². The van der Waals surface area contributed by atoms with E-state index in [0.29, 0.717) is 6.54 Å². The number of carbonyl (C=O) groups excluding carboxylic acids is 1. The maximum atomic E-state index is 13.4. The Morgan fingerprint density at radius 3 is 2.86 bits per heavy atom. The summed E-state index contributed by atoms with van der Waals surface area (Å²) in [5.41, 5.74) is 1.39. The van der Waals surface area contributed by atoms with E-state index in [1.165, 1.54) is 7.11 Å². The van der Waals surface area contributed by atoms with Crippen LogP contribution < -0.4 is 11.0 Å². The Morgan fingerprint density at radius 1 is 1.31 bits per heavy atom. The average Bonchev–Trinajstić information content (AvgIpc) is 2.71. The summed E-state index contributed by atoms with van der Waals surface area (Å²) in [6.07, 6.45) is 1.49. The van der Waals surface area contributed by atoms with Gasteiger partial charge in [0.2, 0.25) is 11.2 Å². The lowest BCUT2D eigenvalue weighted by Gasteiger charge is -2.23. The Hall–Kier alpha value is -3.35. The molecule has 1 aromatic carbocycles. The number of para-hydroxylation sites is 1. The Balaban J connectivity index is 2.01. The maximum Gasteiger partial charge on any atom is 0.306 e. The van der Waals surface area contributed by atoms with Gasteiger partial charge in [0, 0.05) is 18.2 Å². The van der Waals surface area contributed by atoms with Crippen LogP contribution in [0.4, 0.5) is 0 Å². The summed E-state index contributed by atoms with van der Waals surface area (Å²) in [7, 11) is 1.24. The van der Waals surface area contributed by atoms with Crippen molar-refractivity contribution in [2.75, 3.05) is 7.11 Å². The number of benzene rings is 1. The molecular formula is C22H21NO6. The fourth-order valence-corrected chi connectivity index (χ4v) is 4.09. The molecule has 0 bridgehead atoms. The van der Waals surface area contributed by atoms with Gasteiger partial charge in [-0.3, -0.25) is 14.4 Å². The summed E-state index contributed by atoms with van der Waals surface area (Å²) in [4.78, 5) is 37.6. The lowest BCUT2D eigenvalue weighted by atomic mass is 9.90. The number of hydrogen-bond acceptors (Lipinski definition) is 6. The van der Waals surface area contributed by atoms with Gasteiger partial charge in [-0.2, -0.15) is 0 Å². The molecule has 1 aliphatic rings. The molecule has 3 aromatic rings. The number of aromatic hydroxyl groups is 1. The molecule has 0 saturated heterocycles. The second kappa shape index (κ2) is 7.24. The molecule has 2 aromatic heterocycles. The van der Waals surface area contributed by atoms with Crippen LogP contribution in [0.1, 0.15) is 41.4 Å². The van der Waals surface area contributed by atoms with Crippen LogP contribution in [0.25, 0.3) is 10.9 Å². The third-order valence-electron chi connectivity index (χ3n) is 5.41. The zero-order chi connectivity index (χ0) is 20.7. The Kier molecular flexibility index (Phi) is 4.74. The van der Waals surface area contributed by atoms with Crippen LogP contribution >= 0.6 is 0 Å². The number of carbonyl (C=O) groups is 1. The van der Waals surface area contributed by atoms with E-state index in [1.807, 2.05) is 18.2 Å². The quantitative estimate of drug-likeness (QED) is 0.682. The number of ether oxygens (including phenoxy) is 1. The molecule has 7 nitrogen and oxygen atoms in total. The number of pyridine rings is 1. The van der Waals surface area contributed by atoms with E-state index in [0.717, 1.165) is 35.4 Å². The number of methoxy groups -OCH3 is 1. The molecule has 0 amide bonds. The van der Waals surface area contributed by atoms with E-state index >= 15 is 0 Å². The lowest BCUT2D eigenvalue weighted by Crippen LogP contribution is -2.30. The smallest absolute Gasteiger partial charge is 0.306 e. The molecule has 1 N–H and O–H groups in total. The zero-order valence-electron chi connectivity index (χ0n) is 16.2. The van der Waals surface area contributed by atoms with Crippen molar-refractivity contribution in [3.8, 4) is 5.75 Å². The third-order valence-corrected chi connectivity index (χ3v) is 5.41. The number of aryl methyl sites for hydroxylation is 3. The van der Waals surface area contributed by atoms with Gasteiger partial charge < -0.3 is 18.8 Å². The van der Waals surface area contributed by atoms with Crippen LogP contribution in [0.3, 0.4) is 0 Å². The monoisotopic (exact) mass is 395 g/mol. The van der Waals surface area contributed by atoms with Crippen molar-refractivity contribution < 1.29 is 19.1 Å². The van der Waals surface area contributed by atoms with Crippen molar-refractivity contribution in [3.05, 3.63) is 73.6 Å². The highest BCUT2D eigenvalue weighted by molar-refractivity contribution is 5.84. The second-order valence-corrected chi connectivity index (χ2v) is 7.28. The van der Waals surface area contributed by atoms with Crippen LogP contribution in [0.5, 0.6) is 5.75 Å². The highest BCUT2D eigenvalue weighted by Crippen LogP contribution is 2.34. The minimum absolute atomic E-state index is 0.100. The molecule has 7 heteroatoms. The first kappa shape index (κ1) is 19.0. The van der Waals surface area contributed by atoms with Crippen molar-refractivity contribution in [1.82, 2.24) is 4.57 Å². The molecule has 29 heavy (non-hydrogen) atoms. The molecule has 1 atom stereocenters. The van der Waals surface area contributed by atoms with Gasteiger partial charge in [0.15, 0.2) is 5.76 Å². The van der Waals surface area contributed by atoms with E-state index in [1.54, 1.807) is 17.6 Å². The minimum atomic E-state index is -0.943. The third kappa shape index (κ3) is 3.22. The van der Waals surface area contributed by atoms with Gasteiger partial charge in [0.25, 0.3) is 5.56 Å². The van der Waals surface area contributed by atoms with Crippen molar-refractivity contribution >= 4 is 16.9 Å². The first-order chi connectivity index (χ1) is 13.9. The predicted octanol–water partition coefficient (Wildman–Crippen LogP) is 2.61.